The molecule has 43 heavy (non-hydrogen) atoms. The van der Waals surface area contributed by atoms with Gasteiger partial charge in [-0.05, 0) is 49.4 Å². The van der Waals surface area contributed by atoms with Gasteiger partial charge >= 0.3 is 6.01 Å². The van der Waals surface area contributed by atoms with E-state index in [0.29, 0.717) is 51.1 Å². The van der Waals surface area contributed by atoms with Gasteiger partial charge in [0, 0.05) is 68.7 Å². The first kappa shape index (κ1) is 28.3. The van der Waals surface area contributed by atoms with E-state index in [1.54, 1.807) is 0 Å². The Kier molecular flexibility index (Phi) is 7.42. The van der Waals surface area contributed by atoms with Crippen LogP contribution < -0.4 is 14.5 Å². The molecule has 0 radical (unpaired) electrons. The van der Waals surface area contributed by atoms with Crippen LogP contribution in [0.1, 0.15) is 30.5 Å². The number of carbonyl (C=O) groups is 1. The number of aromatic nitrogens is 2. The summed E-state index contributed by atoms with van der Waals surface area (Å²) in [6.45, 7) is 9.00. The number of hydrogen-bond acceptors (Lipinski definition) is 7. The van der Waals surface area contributed by atoms with Crippen molar-refractivity contribution in [2.24, 2.45) is 5.92 Å². The summed E-state index contributed by atoms with van der Waals surface area (Å²) in [4.78, 5) is 30.5. The van der Waals surface area contributed by atoms with E-state index in [-0.39, 0.29) is 11.4 Å². The second-order valence-electron chi connectivity index (χ2n) is 12.6. The predicted molar refractivity (Wildman–Crippen MR) is 168 cm³/mol. The average Bonchev–Trinajstić information content (AvgIpc) is 3.52. The molecule has 0 spiro atoms. The number of hydrogen-bond donors (Lipinski definition) is 0. The topological polar surface area (TPSA) is 65.0 Å². The lowest BCUT2D eigenvalue weighted by Crippen LogP contribution is -2.53. The van der Waals surface area contributed by atoms with Crippen molar-refractivity contribution >= 4 is 39.8 Å². The molecule has 3 fully saturated rings. The van der Waals surface area contributed by atoms with E-state index in [9.17, 15) is 9.18 Å². The zero-order valence-electron chi connectivity index (χ0n) is 24.6. The Labute approximate surface area is 257 Å². The second-order valence-corrected chi connectivity index (χ2v) is 13.0. The molecule has 226 valence electrons. The number of carbonyl (C=O) groups excluding carboxylic acids is 1. The summed E-state index contributed by atoms with van der Waals surface area (Å²) in [5.41, 5.74) is 2.88. The number of amides is 1. The quantitative estimate of drug-likeness (QED) is 0.340. The van der Waals surface area contributed by atoms with Gasteiger partial charge in [-0.2, -0.15) is 9.97 Å². The SMILES string of the molecule is C=CC(=O)N1CC(CN(C)c2nc(OC[C@]34CCCN3C[C@H](F)C4)nc3c2CCN(c2cccc4cccc(Cl)c24)C3)C1. The van der Waals surface area contributed by atoms with Crippen molar-refractivity contribution in [3.05, 3.63) is 65.3 Å². The number of ether oxygens (including phenoxy) is 1. The van der Waals surface area contributed by atoms with Crippen molar-refractivity contribution in [3.63, 3.8) is 0 Å². The molecular weight excluding hydrogens is 567 g/mol. The Morgan fingerprint density at radius 2 is 2.02 bits per heavy atom. The first-order valence-corrected chi connectivity index (χ1v) is 15.7. The molecule has 0 saturated carbocycles. The van der Waals surface area contributed by atoms with E-state index in [1.807, 2.05) is 17.0 Å². The third-order valence-corrected chi connectivity index (χ3v) is 10.1. The number of nitrogens with zero attached hydrogens (tertiary/aromatic N) is 6. The van der Waals surface area contributed by atoms with E-state index in [2.05, 4.69) is 52.6 Å². The van der Waals surface area contributed by atoms with Gasteiger partial charge in [0.05, 0.1) is 22.8 Å². The smallest absolute Gasteiger partial charge is 0.318 e. The maximum Gasteiger partial charge on any atom is 0.318 e. The van der Waals surface area contributed by atoms with Gasteiger partial charge in [0.1, 0.15) is 18.6 Å². The highest BCUT2D eigenvalue weighted by Crippen LogP contribution is 2.41. The third kappa shape index (κ3) is 5.20. The summed E-state index contributed by atoms with van der Waals surface area (Å²) in [5.74, 6) is 1.21. The highest BCUT2D eigenvalue weighted by atomic mass is 35.5. The molecule has 2 atom stereocenters. The van der Waals surface area contributed by atoms with Crippen LogP contribution >= 0.6 is 11.6 Å². The van der Waals surface area contributed by atoms with Gasteiger partial charge in [0.25, 0.3) is 0 Å². The Bertz CT molecular complexity index is 1560. The van der Waals surface area contributed by atoms with Gasteiger partial charge in [-0.3, -0.25) is 9.69 Å². The first-order valence-electron chi connectivity index (χ1n) is 15.3. The minimum absolute atomic E-state index is 0.0228. The van der Waals surface area contributed by atoms with E-state index in [4.69, 9.17) is 26.3 Å². The van der Waals surface area contributed by atoms with Crippen molar-refractivity contribution in [1.29, 1.82) is 0 Å². The summed E-state index contributed by atoms with van der Waals surface area (Å²) in [6, 6.07) is 12.6. The lowest BCUT2D eigenvalue weighted by atomic mass is 9.95. The van der Waals surface area contributed by atoms with Crippen molar-refractivity contribution in [3.8, 4) is 6.01 Å². The van der Waals surface area contributed by atoms with Crippen molar-refractivity contribution in [1.82, 2.24) is 19.8 Å². The maximum absolute atomic E-state index is 14.4. The monoisotopic (exact) mass is 604 g/mol. The summed E-state index contributed by atoms with van der Waals surface area (Å²) >= 11 is 6.70. The molecule has 2 aromatic carbocycles. The summed E-state index contributed by atoms with van der Waals surface area (Å²) in [5, 5.41) is 2.89. The fourth-order valence-corrected chi connectivity index (χ4v) is 7.91. The van der Waals surface area contributed by atoms with Gasteiger partial charge in [-0.15, -0.1) is 0 Å². The summed E-state index contributed by atoms with van der Waals surface area (Å²) in [7, 11) is 2.06. The largest absolute Gasteiger partial charge is 0.461 e. The Morgan fingerprint density at radius 1 is 1.21 bits per heavy atom. The molecule has 3 saturated heterocycles. The Balaban J connectivity index is 1.18. The fraction of sp³-hybridized carbons (Fsp3) is 0.485. The number of alkyl halides is 1. The molecule has 1 aromatic heterocycles. The Hall–Kier alpha value is -3.43. The normalized spacial score (nSPS) is 23.7. The van der Waals surface area contributed by atoms with Gasteiger partial charge in [0.15, 0.2) is 0 Å². The van der Waals surface area contributed by atoms with Gasteiger partial charge in [-0.25, -0.2) is 4.39 Å². The van der Waals surface area contributed by atoms with E-state index in [0.717, 1.165) is 77.5 Å². The van der Waals surface area contributed by atoms with Crippen molar-refractivity contribution in [2.75, 3.05) is 62.7 Å². The zero-order valence-corrected chi connectivity index (χ0v) is 25.4. The minimum Gasteiger partial charge on any atom is -0.461 e. The standard InChI is InChI=1S/C33H38ClFN6O2/c1-3-29(42)40-17-22(18-40)16-38(2)31-25-11-14-39(28-10-5-8-23-7-4-9-26(34)30(23)28)20-27(25)36-32(37-31)43-21-33-12-6-13-41(33)19-24(35)15-33/h3-5,7-10,22,24H,1,6,11-21H2,2H3/t24-,33-/m1/s1. The minimum atomic E-state index is -0.814. The number of halogens is 2. The summed E-state index contributed by atoms with van der Waals surface area (Å²) in [6.07, 6.45) is 3.84. The number of likely N-dealkylation sites (tertiary alicyclic amines) is 1. The van der Waals surface area contributed by atoms with E-state index < -0.39 is 6.17 Å². The van der Waals surface area contributed by atoms with Crippen LogP contribution in [0.2, 0.25) is 5.02 Å². The van der Waals surface area contributed by atoms with E-state index in [1.165, 1.54) is 6.08 Å². The zero-order chi connectivity index (χ0) is 29.7. The highest BCUT2D eigenvalue weighted by Gasteiger charge is 2.49. The lowest BCUT2D eigenvalue weighted by molar-refractivity contribution is -0.131. The van der Waals surface area contributed by atoms with Crippen LogP contribution in [0.4, 0.5) is 15.9 Å². The van der Waals surface area contributed by atoms with Gasteiger partial charge in [0.2, 0.25) is 5.91 Å². The van der Waals surface area contributed by atoms with Crippen LogP contribution in [0.5, 0.6) is 6.01 Å². The third-order valence-electron chi connectivity index (χ3n) is 9.76. The predicted octanol–water partition coefficient (Wildman–Crippen LogP) is 4.88. The number of rotatable bonds is 8. The Morgan fingerprint density at radius 3 is 2.84 bits per heavy atom. The molecule has 4 aliphatic heterocycles. The van der Waals surface area contributed by atoms with Crippen LogP contribution in [0.25, 0.3) is 10.8 Å². The molecule has 0 N–H and O–H groups in total. The van der Waals surface area contributed by atoms with Gasteiger partial charge < -0.3 is 19.4 Å². The second kappa shape index (κ2) is 11.2. The molecule has 7 rings (SSSR count). The molecule has 3 aromatic rings. The van der Waals surface area contributed by atoms with Crippen LogP contribution in [0.15, 0.2) is 49.1 Å². The van der Waals surface area contributed by atoms with Crippen molar-refractivity contribution in [2.45, 2.75) is 43.9 Å². The first-order chi connectivity index (χ1) is 20.8. The molecule has 5 heterocycles. The average molecular weight is 605 g/mol. The number of anilines is 2. The molecule has 1 amide bonds. The van der Waals surface area contributed by atoms with Crippen LogP contribution in [-0.4, -0.2) is 90.3 Å². The molecule has 4 aliphatic rings. The maximum atomic E-state index is 14.4. The molecular formula is C33H38ClFN6O2. The van der Waals surface area contributed by atoms with Gasteiger partial charge in [-0.1, -0.05) is 42.4 Å². The van der Waals surface area contributed by atoms with Crippen LogP contribution in [0, 0.1) is 5.92 Å². The van der Waals surface area contributed by atoms with Crippen LogP contribution in [0.3, 0.4) is 0 Å². The van der Waals surface area contributed by atoms with Crippen molar-refractivity contribution < 1.29 is 13.9 Å². The molecule has 10 heteroatoms. The fourth-order valence-electron chi connectivity index (χ4n) is 7.63. The number of benzene rings is 2. The highest BCUT2D eigenvalue weighted by molar-refractivity contribution is 6.36. The van der Waals surface area contributed by atoms with Crippen LogP contribution in [-0.2, 0) is 17.8 Å². The molecule has 8 nitrogen and oxygen atoms in total. The number of fused-ring (bicyclic) bond motifs is 3. The summed E-state index contributed by atoms with van der Waals surface area (Å²) < 4.78 is 20.8. The molecule has 0 bridgehead atoms. The lowest BCUT2D eigenvalue weighted by Gasteiger charge is -2.41. The van der Waals surface area contributed by atoms with E-state index >= 15 is 0 Å². The molecule has 0 aliphatic carbocycles. The molecule has 0 unspecified atom stereocenters.